The van der Waals surface area contributed by atoms with Crippen molar-refractivity contribution in [1.82, 2.24) is 10.2 Å². The number of amides is 2. The van der Waals surface area contributed by atoms with Gasteiger partial charge in [0, 0.05) is 12.6 Å². The molecule has 41 heavy (non-hydrogen) atoms. The van der Waals surface area contributed by atoms with Crippen molar-refractivity contribution in [3.05, 3.63) is 86.9 Å². The largest absolute Gasteiger partial charge is 0.495 e. The molecule has 1 atom stereocenters. The molecular weight excluding hydrogens is 609 g/mol. The van der Waals surface area contributed by atoms with Gasteiger partial charge in [0.1, 0.15) is 18.3 Å². The number of carbonyl (C=O) groups is 2. The van der Waals surface area contributed by atoms with Crippen LogP contribution in [0.3, 0.4) is 0 Å². The highest BCUT2D eigenvalue weighted by atomic mass is 35.5. The molecule has 3 aromatic carbocycles. The Morgan fingerprint density at radius 2 is 1.56 bits per heavy atom. The van der Waals surface area contributed by atoms with E-state index in [2.05, 4.69) is 5.32 Å². The van der Waals surface area contributed by atoms with Crippen molar-refractivity contribution in [1.29, 1.82) is 0 Å². The molecule has 1 unspecified atom stereocenters. The van der Waals surface area contributed by atoms with Crippen LogP contribution in [-0.2, 0) is 26.2 Å². The van der Waals surface area contributed by atoms with Gasteiger partial charge in [-0.25, -0.2) is 8.42 Å². The Bertz CT molecular complexity index is 1510. The average Bonchev–Trinajstić information content (AvgIpc) is 2.91. The van der Waals surface area contributed by atoms with Gasteiger partial charge in [0.25, 0.3) is 10.0 Å². The monoisotopic (exact) mass is 639 g/mol. The van der Waals surface area contributed by atoms with Gasteiger partial charge in [-0.05, 0) is 75.7 Å². The molecule has 1 N–H and O–H groups in total. The van der Waals surface area contributed by atoms with E-state index < -0.39 is 34.4 Å². The highest BCUT2D eigenvalue weighted by Gasteiger charge is 2.33. The lowest BCUT2D eigenvalue weighted by atomic mass is 10.1. The number of hydrogen-bond acceptors (Lipinski definition) is 5. The van der Waals surface area contributed by atoms with E-state index >= 15 is 0 Å². The fraction of sp³-hybridized carbons (Fsp3) is 0.310. The molecule has 0 bridgehead atoms. The maximum atomic E-state index is 14.0. The summed E-state index contributed by atoms with van der Waals surface area (Å²) in [6.07, 6.45) is 0. The van der Waals surface area contributed by atoms with Gasteiger partial charge in [0.2, 0.25) is 11.8 Å². The lowest BCUT2D eigenvalue weighted by molar-refractivity contribution is -0.139. The van der Waals surface area contributed by atoms with Crippen LogP contribution in [-0.4, -0.2) is 50.9 Å². The maximum absolute atomic E-state index is 14.0. The molecule has 0 radical (unpaired) electrons. The molecule has 8 nitrogen and oxygen atoms in total. The van der Waals surface area contributed by atoms with Crippen molar-refractivity contribution in [2.75, 3.05) is 18.0 Å². The number of sulfonamides is 1. The van der Waals surface area contributed by atoms with Crippen molar-refractivity contribution in [2.45, 2.75) is 51.2 Å². The van der Waals surface area contributed by atoms with E-state index in [-0.39, 0.29) is 33.2 Å². The first-order valence-corrected chi connectivity index (χ1v) is 15.3. The average molecular weight is 641 g/mol. The van der Waals surface area contributed by atoms with E-state index in [1.165, 1.54) is 42.3 Å². The van der Waals surface area contributed by atoms with Gasteiger partial charge in [-0.1, -0.05) is 58.6 Å². The van der Waals surface area contributed by atoms with Gasteiger partial charge >= 0.3 is 0 Å². The second-order valence-corrected chi connectivity index (χ2v) is 12.8. The van der Waals surface area contributed by atoms with Gasteiger partial charge in [-0.3, -0.25) is 13.9 Å². The zero-order valence-electron chi connectivity index (χ0n) is 23.3. The highest BCUT2D eigenvalue weighted by Crippen LogP contribution is 2.32. The van der Waals surface area contributed by atoms with Crippen LogP contribution in [0, 0.1) is 6.92 Å². The van der Waals surface area contributed by atoms with Crippen molar-refractivity contribution in [2.24, 2.45) is 0 Å². The van der Waals surface area contributed by atoms with E-state index in [4.69, 9.17) is 39.5 Å². The molecule has 3 rings (SSSR count). The second-order valence-electron chi connectivity index (χ2n) is 9.75. The Kier molecular flexibility index (Phi) is 10.9. The van der Waals surface area contributed by atoms with Gasteiger partial charge in [0.05, 0.1) is 32.8 Å². The number of hydrogen-bond donors (Lipinski definition) is 1. The number of nitrogens with zero attached hydrogens (tertiary/aromatic N) is 2. The van der Waals surface area contributed by atoms with Crippen LogP contribution >= 0.6 is 34.8 Å². The summed E-state index contributed by atoms with van der Waals surface area (Å²) in [6.45, 7) is 6.39. The van der Waals surface area contributed by atoms with E-state index in [1.807, 2.05) is 6.92 Å². The molecule has 0 saturated carbocycles. The molecule has 12 heteroatoms. The van der Waals surface area contributed by atoms with Crippen LogP contribution in [0.15, 0.2) is 65.6 Å². The molecule has 3 aromatic rings. The number of aryl methyl sites for hydroxylation is 1. The molecule has 0 aliphatic carbocycles. The van der Waals surface area contributed by atoms with Crippen LogP contribution in [0.1, 0.15) is 31.9 Å². The van der Waals surface area contributed by atoms with Crippen LogP contribution in [0.2, 0.25) is 15.1 Å². The first-order valence-electron chi connectivity index (χ1n) is 12.7. The Labute approximate surface area is 256 Å². The Hall–Kier alpha value is -2.98. The summed E-state index contributed by atoms with van der Waals surface area (Å²) in [7, 11) is -2.80. The number of benzene rings is 3. The summed E-state index contributed by atoms with van der Waals surface area (Å²) < 4.78 is 34.0. The molecule has 0 heterocycles. The quantitative estimate of drug-likeness (QED) is 0.273. The summed E-state index contributed by atoms with van der Waals surface area (Å²) in [4.78, 5) is 28.3. The fourth-order valence-electron chi connectivity index (χ4n) is 4.00. The smallest absolute Gasteiger partial charge is 0.264 e. The van der Waals surface area contributed by atoms with Crippen LogP contribution in [0.5, 0.6) is 5.75 Å². The molecule has 0 aromatic heterocycles. The Morgan fingerprint density at radius 3 is 2.12 bits per heavy atom. The molecule has 0 aliphatic heterocycles. The normalized spacial score (nSPS) is 12.1. The predicted octanol–water partition coefficient (Wildman–Crippen LogP) is 6.10. The summed E-state index contributed by atoms with van der Waals surface area (Å²) in [5.74, 6) is -0.673. The lowest BCUT2D eigenvalue weighted by Crippen LogP contribution is -2.52. The molecule has 0 aliphatic rings. The van der Waals surface area contributed by atoms with Crippen LogP contribution in [0.25, 0.3) is 0 Å². The number of ether oxygens (including phenoxy) is 1. The van der Waals surface area contributed by atoms with Gasteiger partial charge in [-0.15, -0.1) is 0 Å². The number of methoxy groups -OCH3 is 1. The van der Waals surface area contributed by atoms with Crippen molar-refractivity contribution < 1.29 is 22.7 Å². The van der Waals surface area contributed by atoms with Gasteiger partial charge in [0.15, 0.2) is 0 Å². The minimum atomic E-state index is -4.24. The van der Waals surface area contributed by atoms with Crippen molar-refractivity contribution in [3.63, 3.8) is 0 Å². The Balaban J connectivity index is 2.08. The number of nitrogens with one attached hydrogen (secondary N) is 1. The lowest BCUT2D eigenvalue weighted by Gasteiger charge is -2.32. The first-order chi connectivity index (χ1) is 19.2. The summed E-state index contributed by atoms with van der Waals surface area (Å²) in [5, 5.41) is 3.60. The standard InChI is InChI=1S/C29H32Cl3N3O5S/c1-18(2)33-29(37)20(4)34(16-21-8-12-24(30)25(31)14-21)28(36)17-35(22-9-13-27(40-5)26(32)15-22)41(38,39)23-10-6-19(3)7-11-23/h6-15,18,20H,16-17H2,1-5H3,(H,33,37). The molecule has 220 valence electrons. The maximum Gasteiger partial charge on any atom is 0.264 e. The molecular formula is C29H32Cl3N3O5S. The van der Waals surface area contributed by atoms with Crippen LogP contribution < -0.4 is 14.4 Å². The van der Waals surface area contributed by atoms with Gasteiger partial charge < -0.3 is 15.0 Å². The molecule has 0 fully saturated rings. The zero-order valence-corrected chi connectivity index (χ0v) is 26.4. The van der Waals surface area contributed by atoms with E-state index in [1.54, 1.807) is 51.1 Å². The van der Waals surface area contributed by atoms with E-state index in [0.29, 0.717) is 16.3 Å². The third kappa shape index (κ3) is 8.07. The molecule has 2 amide bonds. The van der Waals surface area contributed by atoms with Gasteiger partial charge in [-0.2, -0.15) is 0 Å². The third-order valence-electron chi connectivity index (χ3n) is 6.25. The topological polar surface area (TPSA) is 96.0 Å². The fourth-order valence-corrected chi connectivity index (χ4v) is 5.98. The highest BCUT2D eigenvalue weighted by molar-refractivity contribution is 7.92. The second kappa shape index (κ2) is 13.8. The number of anilines is 1. The van der Waals surface area contributed by atoms with Crippen molar-refractivity contribution >= 4 is 62.3 Å². The van der Waals surface area contributed by atoms with Crippen molar-refractivity contribution in [3.8, 4) is 5.75 Å². The van der Waals surface area contributed by atoms with Crippen LogP contribution in [0.4, 0.5) is 5.69 Å². The summed E-state index contributed by atoms with van der Waals surface area (Å²) in [6, 6.07) is 14.5. The minimum absolute atomic E-state index is 0.00975. The summed E-state index contributed by atoms with van der Waals surface area (Å²) >= 11 is 18.6. The Morgan fingerprint density at radius 1 is 0.902 bits per heavy atom. The SMILES string of the molecule is COc1ccc(N(CC(=O)N(Cc2ccc(Cl)c(Cl)c2)C(C)C(=O)NC(C)C)S(=O)(=O)c2ccc(C)cc2)cc1Cl. The molecule has 0 spiro atoms. The summed E-state index contributed by atoms with van der Waals surface area (Å²) in [5.41, 5.74) is 1.63. The zero-order chi connectivity index (χ0) is 30.5. The number of halogens is 3. The number of rotatable bonds is 11. The van der Waals surface area contributed by atoms with E-state index in [9.17, 15) is 18.0 Å². The molecule has 0 saturated heterocycles. The first kappa shape index (κ1) is 32.5. The number of carbonyl (C=O) groups excluding carboxylic acids is 2. The minimum Gasteiger partial charge on any atom is -0.495 e. The van der Waals surface area contributed by atoms with E-state index in [0.717, 1.165) is 9.87 Å². The third-order valence-corrected chi connectivity index (χ3v) is 9.07. The predicted molar refractivity (Wildman–Crippen MR) is 163 cm³/mol.